The third-order valence-corrected chi connectivity index (χ3v) is 2.21. The molecule has 0 aromatic heterocycles. The van der Waals surface area contributed by atoms with Crippen LogP contribution in [0.4, 0.5) is 0 Å². The minimum Gasteiger partial charge on any atom is -0.369 e. The van der Waals surface area contributed by atoms with E-state index in [0.29, 0.717) is 0 Å². The largest absolute Gasteiger partial charge is 0.369 e. The number of rotatable bonds is 3. The van der Waals surface area contributed by atoms with Gasteiger partial charge in [-0.25, -0.2) is 0 Å². The van der Waals surface area contributed by atoms with E-state index in [1.807, 2.05) is 20.8 Å². The second-order valence-electron chi connectivity index (χ2n) is 3.65. The first-order valence-electron chi connectivity index (χ1n) is 6.19. The lowest BCUT2D eigenvalue weighted by atomic mass is 10.2. The highest BCUT2D eigenvalue weighted by Gasteiger charge is 2.10. The number of nitrogens with zero attached hydrogens (tertiary/aromatic N) is 1. The molecule has 0 saturated carbocycles. The average molecular weight is 222 g/mol. The minimum atomic E-state index is 1.07. The molecule has 0 unspecified atom stereocenters. The first-order valence-corrected chi connectivity index (χ1v) is 6.19. The van der Waals surface area contributed by atoms with Crippen LogP contribution < -0.4 is 5.32 Å². The van der Waals surface area contributed by atoms with Crippen molar-refractivity contribution in [3.8, 4) is 0 Å². The highest BCUT2D eigenvalue weighted by atomic mass is 15.2. The zero-order chi connectivity index (χ0) is 12.4. The predicted octanol–water partition coefficient (Wildman–Crippen LogP) is 2.95. The van der Waals surface area contributed by atoms with Crippen LogP contribution in [0.2, 0.25) is 0 Å². The summed E-state index contributed by atoms with van der Waals surface area (Å²) in [5.41, 5.74) is 2.39. The molecule has 1 rings (SSSR count). The molecule has 0 atom stereocenters. The Morgan fingerprint density at radius 2 is 1.81 bits per heavy atom. The van der Waals surface area contributed by atoms with E-state index in [9.17, 15) is 0 Å². The summed E-state index contributed by atoms with van der Waals surface area (Å²) in [6, 6.07) is 0. The molecule has 2 heteroatoms. The lowest BCUT2D eigenvalue weighted by Crippen LogP contribution is -2.42. The molecule has 1 aliphatic rings. The van der Waals surface area contributed by atoms with Crippen LogP contribution in [0.5, 0.6) is 0 Å². The highest BCUT2D eigenvalue weighted by molar-refractivity contribution is 5.26. The van der Waals surface area contributed by atoms with Crippen molar-refractivity contribution in [3.05, 3.63) is 36.1 Å². The molecule has 16 heavy (non-hydrogen) atoms. The Morgan fingerprint density at radius 1 is 1.25 bits per heavy atom. The van der Waals surface area contributed by atoms with Gasteiger partial charge in [0.1, 0.15) is 0 Å². The molecule has 1 fully saturated rings. The van der Waals surface area contributed by atoms with Crippen LogP contribution in [0.3, 0.4) is 0 Å². The van der Waals surface area contributed by atoms with Gasteiger partial charge in [0.25, 0.3) is 0 Å². The van der Waals surface area contributed by atoms with Crippen molar-refractivity contribution in [2.75, 3.05) is 26.2 Å². The van der Waals surface area contributed by atoms with Crippen LogP contribution in [0, 0.1) is 0 Å². The molecule has 0 aliphatic carbocycles. The third kappa shape index (κ3) is 5.76. The molecule has 0 amide bonds. The standard InChI is InChI=1S/C12H20N2.C2H6/c1-4-5-12(10-11(2)3)14-8-6-13-7-9-14;1-2/h4-5,10,13H,2,6-9H2,1,3H3;1-2H3/b5-4-,12-10+;. The smallest absolute Gasteiger partial charge is 0.0366 e. The lowest BCUT2D eigenvalue weighted by molar-refractivity contribution is 0.307. The molecule has 92 valence electrons. The molecule has 0 aromatic carbocycles. The van der Waals surface area contributed by atoms with E-state index in [2.05, 4.69) is 41.9 Å². The van der Waals surface area contributed by atoms with Crippen molar-refractivity contribution in [1.29, 1.82) is 0 Å². The van der Waals surface area contributed by atoms with Crippen molar-refractivity contribution in [3.63, 3.8) is 0 Å². The van der Waals surface area contributed by atoms with Crippen LogP contribution >= 0.6 is 0 Å². The lowest BCUT2D eigenvalue weighted by Gasteiger charge is -2.30. The maximum absolute atomic E-state index is 3.92. The molecule has 2 nitrogen and oxygen atoms in total. The van der Waals surface area contributed by atoms with Gasteiger partial charge in [0.05, 0.1) is 0 Å². The molecular formula is C14H26N2. The van der Waals surface area contributed by atoms with Gasteiger partial charge >= 0.3 is 0 Å². The zero-order valence-electron chi connectivity index (χ0n) is 11.2. The molecule has 1 N–H and O–H groups in total. The van der Waals surface area contributed by atoms with Gasteiger partial charge in [-0.05, 0) is 26.0 Å². The average Bonchev–Trinajstić information content (AvgIpc) is 2.32. The molecule has 0 aromatic rings. The van der Waals surface area contributed by atoms with Crippen molar-refractivity contribution < 1.29 is 0 Å². The van der Waals surface area contributed by atoms with Gasteiger partial charge in [0.15, 0.2) is 0 Å². The summed E-state index contributed by atoms with van der Waals surface area (Å²) in [5, 5.41) is 3.35. The van der Waals surface area contributed by atoms with Gasteiger partial charge in [0.2, 0.25) is 0 Å². The molecule has 0 radical (unpaired) electrons. The van der Waals surface area contributed by atoms with Crippen LogP contribution in [0.1, 0.15) is 27.7 Å². The fourth-order valence-corrected chi connectivity index (χ4v) is 1.59. The molecule has 0 spiro atoms. The SMILES string of the molecule is C=C(C)/C=C(\C=C/C)N1CCNCC1.CC. The van der Waals surface area contributed by atoms with Gasteiger partial charge in [-0.15, -0.1) is 0 Å². The second-order valence-corrected chi connectivity index (χ2v) is 3.65. The zero-order valence-corrected chi connectivity index (χ0v) is 11.2. The normalized spacial score (nSPS) is 17.0. The predicted molar refractivity (Wildman–Crippen MR) is 73.5 cm³/mol. The van der Waals surface area contributed by atoms with E-state index in [0.717, 1.165) is 31.8 Å². The Balaban J connectivity index is 0.00000106. The topological polar surface area (TPSA) is 15.3 Å². The molecular weight excluding hydrogens is 196 g/mol. The fourth-order valence-electron chi connectivity index (χ4n) is 1.59. The summed E-state index contributed by atoms with van der Waals surface area (Å²) < 4.78 is 0. The Morgan fingerprint density at radius 3 is 2.25 bits per heavy atom. The van der Waals surface area contributed by atoms with Gasteiger partial charge in [-0.3, -0.25) is 0 Å². The summed E-state index contributed by atoms with van der Waals surface area (Å²) in [4.78, 5) is 2.39. The van der Waals surface area contributed by atoms with E-state index < -0.39 is 0 Å². The number of piperazine rings is 1. The molecule has 1 saturated heterocycles. The van der Waals surface area contributed by atoms with Gasteiger partial charge < -0.3 is 10.2 Å². The third-order valence-electron chi connectivity index (χ3n) is 2.21. The Hall–Kier alpha value is -1.02. The Labute approximate surface area is 101 Å². The van der Waals surface area contributed by atoms with Crippen molar-refractivity contribution >= 4 is 0 Å². The summed E-state index contributed by atoms with van der Waals surface area (Å²) in [6.45, 7) is 16.3. The summed E-state index contributed by atoms with van der Waals surface area (Å²) in [5.74, 6) is 0. The molecule has 0 bridgehead atoms. The van der Waals surface area contributed by atoms with E-state index in [4.69, 9.17) is 0 Å². The Bertz CT molecular complexity index is 245. The van der Waals surface area contributed by atoms with Gasteiger partial charge in [-0.1, -0.05) is 32.1 Å². The fraction of sp³-hybridized carbons (Fsp3) is 0.571. The summed E-state index contributed by atoms with van der Waals surface area (Å²) >= 11 is 0. The van der Waals surface area contributed by atoms with E-state index in [1.54, 1.807) is 0 Å². The van der Waals surface area contributed by atoms with Crippen molar-refractivity contribution in [2.24, 2.45) is 0 Å². The summed E-state index contributed by atoms with van der Waals surface area (Å²) in [6.07, 6.45) is 6.38. The highest BCUT2D eigenvalue weighted by Crippen LogP contribution is 2.10. The van der Waals surface area contributed by atoms with Gasteiger partial charge in [0, 0.05) is 31.9 Å². The minimum absolute atomic E-state index is 1.07. The van der Waals surface area contributed by atoms with Gasteiger partial charge in [-0.2, -0.15) is 0 Å². The van der Waals surface area contributed by atoms with Crippen molar-refractivity contribution in [1.82, 2.24) is 10.2 Å². The van der Waals surface area contributed by atoms with Crippen LogP contribution in [0.25, 0.3) is 0 Å². The maximum Gasteiger partial charge on any atom is 0.0366 e. The van der Waals surface area contributed by atoms with Crippen LogP contribution in [-0.4, -0.2) is 31.1 Å². The summed E-state index contributed by atoms with van der Waals surface area (Å²) in [7, 11) is 0. The maximum atomic E-state index is 3.92. The molecule has 1 aliphatic heterocycles. The second kappa shape index (κ2) is 9.22. The first kappa shape index (κ1) is 15.0. The van der Waals surface area contributed by atoms with E-state index in [-0.39, 0.29) is 0 Å². The monoisotopic (exact) mass is 222 g/mol. The van der Waals surface area contributed by atoms with E-state index >= 15 is 0 Å². The van der Waals surface area contributed by atoms with Crippen LogP contribution in [-0.2, 0) is 0 Å². The number of nitrogens with one attached hydrogen (secondary N) is 1. The first-order chi connectivity index (χ1) is 7.74. The van der Waals surface area contributed by atoms with E-state index in [1.165, 1.54) is 5.70 Å². The Kier molecular flexibility index (Phi) is 8.64. The molecule has 1 heterocycles. The van der Waals surface area contributed by atoms with Crippen LogP contribution in [0.15, 0.2) is 36.1 Å². The number of hydrogen-bond donors (Lipinski definition) is 1. The number of allylic oxidation sites excluding steroid dienone is 4. The number of hydrogen-bond acceptors (Lipinski definition) is 2. The van der Waals surface area contributed by atoms with Crippen molar-refractivity contribution in [2.45, 2.75) is 27.7 Å². The quantitative estimate of drug-likeness (QED) is 0.739.